The van der Waals surface area contributed by atoms with E-state index < -0.39 is 9.84 Å². The molecule has 0 fully saturated rings. The molecule has 3 rings (SSSR count). The molecule has 0 spiro atoms. The van der Waals surface area contributed by atoms with E-state index in [2.05, 4.69) is 10.9 Å². The number of carbonyl (C=O) groups excluding carboxylic acids is 1. The number of hydrogen-bond donors (Lipinski definition) is 0. The SMILES string of the molecule is C#CCn1c(=NC(=O)CCCS(=O)(=O)c2ccc(OC)cc2)sc2cc(SC)ccc21. The van der Waals surface area contributed by atoms with Gasteiger partial charge in [0.1, 0.15) is 5.75 Å². The van der Waals surface area contributed by atoms with Crippen LogP contribution in [0, 0.1) is 12.3 Å². The van der Waals surface area contributed by atoms with Crippen LogP contribution in [0.4, 0.5) is 0 Å². The number of hydrogen-bond acceptors (Lipinski definition) is 6. The van der Waals surface area contributed by atoms with Crippen LogP contribution in [0.3, 0.4) is 0 Å². The number of rotatable bonds is 8. The van der Waals surface area contributed by atoms with E-state index in [-0.39, 0.29) is 29.4 Å². The number of nitrogens with zero attached hydrogens (tertiary/aromatic N) is 2. The molecular formula is C22H22N2O4S3. The largest absolute Gasteiger partial charge is 0.497 e. The standard InChI is InChI=1S/C22H22N2O4S3/c1-4-13-24-19-12-9-17(29-3)15-20(19)30-22(24)23-21(25)6-5-14-31(26,27)18-10-7-16(28-2)8-11-18/h1,7-12,15H,5-6,13-14H2,2-3H3. The van der Waals surface area contributed by atoms with Gasteiger partial charge in [-0.15, -0.1) is 18.2 Å². The predicted octanol–water partition coefficient (Wildman–Crippen LogP) is 3.75. The van der Waals surface area contributed by atoms with Crippen molar-refractivity contribution in [2.75, 3.05) is 19.1 Å². The number of terminal acetylenes is 1. The van der Waals surface area contributed by atoms with Crippen molar-refractivity contribution < 1.29 is 17.9 Å². The van der Waals surface area contributed by atoms with Crippen molar-refractivity contribution in [2.24, 2.45) is 4.99 Å². The molecule has 0 aliphatic carbocycles. The van der Waals surface area contributed by atoms with Crippen molar-refractivity contribution >= 4 is 49.1 Å². The fourth-order valence-electron chi connectivity index (χ4n) is 2.99. The van der Waals surface area contributed by atoms with Crippen LogP contribution in [0.2, 0.25) is 0 Å². The summed E-state index contributed by atoms with van der Waals surface area (Å²) in [5, 5.41) is 0. The van der Waals surface area contributed by atoms with Crippen molar-refractivity contribution in [1.82, 2.24) is 4.57 Å². The number of ether oxygens (including phenoxy) is 1. The van der Waals surface area contributed by atoms with Crippen LogP contribution in [-0.4, -0.2) is 38.0 Å². The van der Waals surface area contributed by atoms with E-state index in [4.69, 9.17) is 11.2 Å². The second-order valence-corrected chi connectivity index (χ2v) is 10.6. The highest BCUT2D eigenvalue weighted by Crippen LogP contribution is 2.24. The highest BCUT2D eigenvalue weighted by Gasteiger charge is 2.15. The average Bonchev–Trinajstić information content (AvgIpc) is 3.09. The first-order valence-corrected chi connectivity index (χ1v) is 13.1. The predicted molar refractivity (Wildman–Crippen MR) is 125 cm³/mol. The van der Waals surface area contributed by atoms with Gasteiger partial charge in [-0.05, 0) is 55.1 Å². The molecule has 3 aromatic rings. The van der Waals surface area contributed by atoms with E-state index in [0.717, 1.165) is 15.1 Å². The number of amides is 1. The summed E-state index contributed by atoms with van der Waals surface area (Å²) in [6.45, 7) is 0.302. The van der Waals surface area contributed by atoms with Gasteiger partial charge in [0.2, 0.25) is 5.91 Å². The van der Waals surface area contributed by atoms with Crippen molar-refractivity contribution in [3.8, 4) is 18.1 Å². The number of methoxy groups -OCH3 is 1. The fraction of sp³-hybridized carbons (Fsp3) is 0.273. The third-order valence-electron chi connectivity index (χ3n) is 4.58. The number of aromatic nitrogens is 1. The van der Waals surface area contributed by atoms with Gasteiger partial charge in [0.05, 0.1) is 34.5 Å². The smallest absolute Gasteiger partial charge is 0.248 e. The lowest BCUT2D eigenvalue weighted by molar-refractivity contribution is -0.118. The average molecular weight is 475 g/mol. The summed E-state index contributed by atoms with van der Waals surface area (Å²) in [5.74, 6) is 2.68. The normalized spacial score (nSPS) is 12.1. The molecule has 1 heterocycles. The zero-order valence-corrected chi connectivity index (χ0v) is 19.6. The monoisotopic (exact) mass is 474 g/mol. The Labute approximate surface area is 189 Å². The van der Waals surface area contributed by atoms with Crippen molar-refractivity contribution in [2.45, 2.75) is 29.2 Å². The minimum atomic E-state index is -3.48. The molecule has 0 aliphatic rings. The van der Waals surface area contributed by atoms with Gasteiger partial charge >= 0.3 is 0 Å². The second-order valence-electron chi connectivity index (χ2n) is 6.61. The number of fused-ring (bicyclic) bond motifs is 1. The first-order chi connectivity index (χ1) is 14.9. The zero-order valence-electron chi connectivity index (χ0n) is 17.2. The van der Waals surface area contributed by atoms with Gasteiger partial charge in [0, 0.05) is 11.3 Å². The Morgan fingerprint density at radius 1 is 1.26 bits per heavy atom. The van der Waals surface area contributed by atoms with Crippen LogP contribution >= 0.6 is 23.1 Å². The number of thioether (sulfide) groups is 1. The first kappa shape index (κ1) is 23.1. The first-order valence-electron chi connectivity index (χ1n) is 9.43. The molecule has 2 aromatic carbocycles. The summed E-state index contributed by atoms with van der Waals surface area (Å²) in [7, 11) is -1.96. The lowest BCUT2D eigenvalue weighted by atomic mass is 10.3. The quantitative estimate of drug-likeness (QED) is 0.367. The Morgan fingerprint density at radius 3 is 2.65 bits per heavy atom. The molecule has 0 unspecified atom stereocenters. The Hall–Kier alpha value is -2.54. The highest BCUT2D eigenvalue weighted by molar-refractivity contribution is 7.98. The molecule has 0 aliphatic heterocycles. The highest BCUT2D eigenvalue weighted by atomic mass is 32.2. The Bertz CT molecular complexity index is 1300. The topological polar surface area (TPSA) is 77.7 Å². The van der Waals surface area contributed by atoms with E-state index in [1.807, 2.05) is 29.0 Å². The summed E-state index contributed by atoms with van der Waals surface area (Å²) in [4.78, 5) is 18.5. The van der Waals surface area contributed by atoms with Gasteiger partial charge < -0.3 is 9.30 Å². The maximum Gasteiger partial charge on any atom is 0.248 e. The molecule has 1 aromatic heterocycles. The molecule has 0 bridgehead atoms. The van der Waals surface area contributed by atoms with Gasteiger partial charge in [0.25, 0.3) is 0 Å². The van der Waals surface area contributed by atoms with E-state index in [0.29, 0.717) is 17.1 Å². The second kappa shape index (κ2) is 10.2. The van der Waals surface area contributed by atoms with Gasteiger partial charge in [-0.2, -0.15) is 4.99 Å². The molecule has 1 amide bonds. The summed E-state index contributed by atoms with van der Waals surface area (Å²) in [6.07, 6.45) is 7.72. The molecule has 0 radical (unpaired) electrons. The van der Waals surface area contributed by atoms with Crippen LogP contribution in [-0.2, 0) is 21.2 Å². The molecular weight excluding hydrogens is 452 g/mol. The lowest BCUT2D eigenvalue weighted by Crippen LogP contribution is -2.16. The molecule has 0 atom stereocenters. The van der Waals surface area contributed by atoms with Crippen LogP contribution < -0.4 is 9.54 Å². The maximum absolute atomic E-state index is 12.5. The van der Waals surface area contributed by atoms with Crippen LogP contribution in [0.1, 0.15) is 12.8 Å². The van der Waals surface area contributed by atoms with E-state index >= 15 is 0 Å². The Balaban J connectivity index is 1.74. The summed E-state index contributed by atoms with van der Waals surface area (Å²) in [5.41, 5.74) is 0.925. The minimum Gasteiger partial charge on any atom is -0.497 e. The molecule has 0 saturated heterocycles. The van der Waals surface area contributed by atoms with Crippen LogP contribution in [0.25, 0.3) is 10.2 Å². The van der Waals surface area contributed by atoms with Crippen LogP contribution in [0.5, 0.6) is 5.75 Å². The van der Waals surface area contributed by atoms with E-state index in [9.17, 15) is 13.2 Å². The Morgan fingerprint density at radius 2 is 2.00 bits per heavy atom. The van der Waals surface area contributed by atoms with Crippen molar-refractivity contribution in [3.05, 3.63) is 47.3 Å². The number of benzene rings is 2. The van der Waals surface area contributed by atoms with Gasteiger partial charge in [-0.3, -0.25) is 4.79 Å². The summed E-state index contributed by atoms with van der Waals surface area (Å²) >= 11 is 3.03. The maximum atomic E-state index is 12.5. The molecule has 6 nitrogen and oxygen atoms in total. The molecule has 0 saturated carbocycles. The van der Waals surface area contributed by atoms with E-state index in [1.54, 1.807) is 23.9 Å². The van der Waals surface area contributed by atoms with Crippen molar-refractivity contribution in [3.63, 3.8) is 0 Å². The third kappa shape index (κ3) is 5.58. The zero-order chi connectivity index (χ0) is 22.4. The van der Waals surface area contributed by atoms with Gasteiger partial charge in [0.15, 0.2) is 14.6 Å². The minimum absolute atomic E-state index is 0.0374. The molecule has 31 heavy (non-hydrogen) atoms. The van der Waals surface area contributed by atoms with Crippen molar-refractivity contribution in [1.29, 1.82) is 0 Å². The third-order valence-corrected chi connectivity index (χ3v) is 8.16. The molecule has 162 valence electrons. The van der Waals surface area contributed by atoms with Crippen LogP contribution in [0.15, 0.2) is 57.2 Å². The number of thiazole rings is 1. The summed E-state index contributed by atoms with van der Waals surface area (Å²) < 4.78 is 32.8. The summed E-state index contributed by atoms with van der Waals surface area (Å²) in [6, 6.07) is 12.2. The molecule has 0 N–H and O–H groups in total. The van der Waals surface area contributed by atoms with Gasteiger partial charge in [-0.1, -0.05) is 17.3 Å². The fourth-order valence-corrected chi connectivity index (χ4v) is 5.90. The van der Waals surface area contributed by atoms with Gasteiger partial charge in [-0.25, -0.2) is 8.42 Å². The molecule has 9 heteroatoms. The Kier molecular flexibility index (Phi) is 7.59. The number of sulfone groups is 1. The number of carbonyl (C=O) groups is 1. The lowest BCUT2D eigenvalue weighted by Gasteiger charge is -2.05. The van der Waals surface area contributed by atoms with E-state index in [1.165, 1.54) is 30.6 Å².